The molecule has 1 aliphatic heterocycles. The number of phenols is 1. The Morgan fingerprint density at radius 1 is 1.50 bits per heavy atom. The van der Waals surface area contributed by atoms with E-state index in [4.69, 9.17) is 9.47 Å². The second-order valence-corrected chi connectivity index (χ2v) is 5.95. The van der Waals surface area contributed by atoms with Crippen LogP contribution in [0.2, 0.25) is 0 Å². The zero-order valence-electron chi connectivity index (χ0n) is 13.0. The summed E-state index contributed by atoms with van der Waals surface area (Å²) in [6, 6.07) is 3.12. The van der Waals surface area contributed by atoms with Crippen LogP contribution in [0.1, 0.15) is 18.4 Å². The molecule has 0 aromatic heterocycles. The molecule has 1 aliphatic rings. The maximum atomic E-state index is 11.6. The number of phenolic OH excluding ortho intramolecular Hbond substituents is 1. The molecule has 3 N–H and O–H groups in total. The van der Waals surface area contributed by atoms with E-state index in [0.717, 1.165) is 12.8 Å². The number of rotatable bonds is 5. The molecule has 1 atom stereocenters. The van der Waals surface area contributed by atoms with Gasteiger partial charge in [-0.1, -0.05) is 0 Å². The molecule has 0 radical (unpaired) electrons. The van der Waals surface area contributed by atoms with Gasteiger partial charge in [0.05, 0.1) is 23.9 Å². The van der Waals surface area contributed by atoms with Gasteiger partial charge in [-0.25, -0.2) is 5.43 Å². The van der Waals surface area contributed by atoms with Crippen molar-refractivity contribution in [3.05, 3.63) is 22.2 Å². The minimum absolute atomic E-state index is 0.0350. The van der Waals surface area contributed by atoms with Gasteiger partial charge in [-0.3, -0.25) is 9.59 Å². The Bertz CT molecular complexity index is 644. The number of aromatic hydroxyl groups is 1. The lowest BCUT2D eigenvalue weighted by Gasteiger charge is -2.09. The summed E-state index contributed by atoms with van der Waals surface area (Å²) in [4.78, 5) is 23.3. The van der Waals surface area contributed by atoms with Gasteiger partial charge in [0.15, 0.2) is 11.5 Å². The number of methoxy groups -OCH3 is 1. The Labute approximate surface area is 147 Å². The molecule has 0 saturated carbocycles. The monoisotopic (exact) mass is 399 g/mol. The van der Waals surface area contributed by atoms with Crippen LogP contribution < -0.4 is 15.5 Å². The summed E-state index contributed by atoms with van der Waals surface area (Å²) in [6.45, 7) is 0.987. The normalized spacial score (nSPS) is 17.0. The van der Waals surface area contributed by atoms with Gasteiger partial charge in [-0.15, -0.1) is 0 Å². The molecule has 1 heterocycles. The largest absolute Gasteiger partial charge is 0.503 e. The van der Waals surface area contributed by atoms with Crippen LogP contribution in [-0.2, 0) is 14.3 Å². The van der Waals surface area contributed by atoms with E-state index in [-0.39, 0.29) is 17.6 Å². The number of benzene rings is 1. The predicted molar refractivity (Wildman–Crippen MR) is 90.1 cm³/mol. The molecule has 1 saturated heterocycles. The highest BCUT2D eigenvalue weighted by Gasteiger charge is 2.19. The fourth-order valence-electron chi connectivity index (χ4n) is 2.13. The number of nitrogens with one attached hydrogen (secondary N) is 2. The standard InChI is InChI=1S/C15H18BrN3O5/c1-23-12-6-9(5-11(16)13(12)20)7-18-19-15(22)14(21)17-8-10-3-2-4-24-10/h5-7,10,20H,2-4,8H2,1H3,(H,17,21)(H,19,22)/b18-7-/t10-/m1/s1. The average molecular weight is 400 g/mol. The Morgan fingerprint density at radius 2 is 2.29 bits per heavy atom. The van der Waals surface area contributed by atoms with Gasteiger partial charge in [0.25, 0.3) is 0 Å². The first kappa shape index (κ1) is 18.2. The van der Waals surface area contributed by atoms with E-state index >= 15 is 0 Å². The minimum atomic E-state index is -0.867. The van der Waals surface area contributed by atoms with Crippen LogP contribution in [0.4, 0.5) is 0 Å². The van der Waals surface area contributed by atoms with E-state index in [2.05, 4.69) is 31.8 Å². The van der Waals surface area contributed by atoms with Gasteiger partial charge in [0.1, 0.15) is 0 Å². The quantitative estimate of drug-likeness (QED) is 0.387. The minimum Gasteiger partial charge on any atom is -0.503 e. The second-order valence-electron chi connectivity index (χ2n) is 5.10. The summed E-state index contributed by atoms with van der Waals surface area (Å²) in [5.74, 6) is -1.42. The zero-order chi connectivity index (χ0) is 17.5. The summed E-state index contributed by atoms with van der Waals surface area (Å²) in [5.41, 5.74) is 2.70. The molecular formula is C15H18BrN3O5. The molecule has 24 heavy (non-hydrogen) atoms. The molecular weight excluding hydrogens is 382 g/mol. The lowest BCUT2D eigenvalue weighted by Crippen LogP contribution is -2.41. The Morgan fingerprint density at radius 3 is 2.96 bits per heavy atom. The maximum Gasteiger partial charge on any atom is 0.329 e. The first-order valence-electron chi connectivity index (χ1n) is 7.30. The first-order valence-corrected chi connectivity index (χ1v) is 8.10. The predicted octanol–water partition coefficient (Wildman–Crippen LogP) is 0.909. The summed E-state index contributed by atoms with van der Waals surface area (Å²) >= 11 is 3.18. The molecule has 1 aromatic carbocycles. The first-order chi connectivity index (χ1) is 11.5. The number of ether oxygens (including phenoxy) is 2. The third-order valence-electron chi connectivity index (χ3n) is 3.37. The van der Waals surface area contributed by atoms with Crippen molar-refractivity contribution in [3.63, 3.8) is 0 Å². The van der Waals surface area contributed by atoms with Crippen molar-refractivity contribution in [1.29, 1.82) is 0 Å². The topological polar surface area (TPSA) is 109 Å². The molecule has 2 rings (SSSR count). The molecule has 130 valence electrons. The van der Waals surface area contributed by atoms with Gasteiger partial charge >= 0.3 is 11.8 Å². The van der Waals surface area contributed by atoms with Crippen LogP contribution in [0, 0.1) is 0 Å². The fourth-order valence-corrected chi connectivity index (χ4v) is 2.59. The molecule has 0 spiro atoms. The molecule has 9 heteroatoms. The Balaban J connectivity index is 1.85. The van der Waals surface area contributed by atoms with Crippen molar-refractivity contribution < 1.29 is 24.2 Å². The lowest BCUT2D eigenvalue weighted by atomic mass is 10.2. The van der Waals surface area contributed by atoms with Crippen molar-refractivity contribution in [2.75, 3.05) is 20.3 Å². The van der Waals surface area contributed by atoms with Gasteiger partial charge in [0, 0.05) is 13.2 Å². The number of halogens is 1. The molecule has 1 fully saturated rings. The van der Waals surface area contributed by atoms with Crippen LogP contribution in [0.5, 0.6) is 11.5 Å². The number of hydrogen-bond donors (Lipinski definition) is 3. The third-order valence-corrected chi connectivity index (χ3v) is 3.98. The van der Waals surface area contributed by atoms with E-state index in [1.54, 1.807) is 6.07 Å². The highest BCUT2D eigenvalue weighted by Crippen LogP contribution is 2.34. The van der Waals surface area contributed by atoms with Crippen LogP contribution in [0.15, 0.2) is 21.7 Å². The maximum absolute atomic E-state index is 11.6. The molecule has 0 bridgehead atoms. The molecule has 8 nitrogen and oxygen atoms in total. The lowest BCUT2D eigenvalue weighted by molar-refractivity contribution is -0.139. The van der Waals surface area contributed by atoms with Gasteiger partial charge in [-0.05, 0) is 46.5 Å². The number of carbonyl (C=O) groups excluding carboxylic acids is 2. The summed E-state index contributed by atoms with van der Waals surface area (Å²) < 4.78 is 10.8. The summed E-state index contributed by atoms with van der Waals surface area (Å²) in [5, 5.41) is 15.9. The number of carbonyl (C=O) groups is 2. The molecule has 2 amide bonds. The molecule has 1 aromatic rings. The third kappa shape index (κ3) is 4.93. The van der Waals surface area contributed by atoms with E-state index in [9.17, 15) is 14.7 Å². The number of hydrazone groups is 1. The Kier molecular flexibility index (Phi) is 6.56. The highest BCUT2D eigenvalue weighted by atomic mass is 79.9. The van der Waals surface area contributed by atoms with E-state index < -0.39 is 11.8 Å². The smallest absolute Gasteiger partial charge is 0.329 e. The van der Waals surface area contributed by atoms with Crippen LogP contribution in [-0.4, -0.2) is 49.5 Å². The fraction of sp³-hybridized carbons (Fsp3) is 0.400. The van der Waals surface area contributed by atoms with Gasteiger partial charge in [0.2, 0.25) is 0 Å². The zero-order valence-corrected chi connectivity index (χ0v) is 14.6. The van der Waals surface area contributed by atoms with Gasteiger partial charge in [-0.2, -0.15) is 5.10 Å². The van der Waals surface area contributed by atoms with Crippen molar-refractivity contribution in [1.82, 2.24) is 10.7 Å². The summed E-state index contributed by atoms with van der Waals surface area (Å²) in [6.07, 6.45) is 3.13. The van der Waals surface area contributed by atoms with E-state index in [0.29, 0.717) is 23.2 Å². The van der Waals surface area contributed by atoms with Crippen LogP contribution in [0.3, 0.4) is 0 Å². The molecule has 0 unspecified atom stereocenters. The van der Waals surface area contributed by atoms with Crippen LogP contribution >= 0.6 is 15.9 Å². The van der Waals surface area contributed by atoms with Crippen LogP contribution in [0.25, 0.3) is 0 Å². The van der Waals surface area contributed by atoms with Gasteiger partial charge < -0.3 is 19.9 Å². The SMILES string of the molecule is COc1cc(/C=N\NC(=O)C(=O)NC[C@H]2CCCO2)cc(Br)c1O. The second kappa shape index (κ2) is 8.65. The number of hydrogen-bond acceptors (Lipinski definition) is 6. The van der Waals surface area contributed by atoms with Crippen molar-refractivity contribution in [2.45, 2.75) is 18.9 Å². The van der Waals surface area contributed by atoms with Crippen molar-refractivity contribution >= 4 is 34.0 Å². The average Bonchev–Trinajstić information content (AvgIpc) is 3.09. The molecule has 0 aliphatic carbocycles. The van der Waals surface area contributed by atoms with Crippen molar-refractivity contribution in [2.24, 2.45) is 5.10 Å². The Hall–Kier alpha value is -2.13. The number of nitrogens with zero attached hydrogens (tertiary/aromatic N) is 1. The number of amides is 2. The summed E-state index contributed by atoms with van der Waals surface area (Å²) in [7, 11) is 1.42. The van der Waals surface area contributed by atoms with E-state index in [1.165, 1.54) is 19.4 Å². The van der Waals surface area contributed by atoms with Crippen molar-refractivity contribution in [3.8, 4) is 11.5 Å². The van der Waals surface area contributed by atoms with E-state index in [1.807, 2.05) is 0 Å². The highest BCUT2D eigenvalue weighted by molar-refractivity contribution is 9.10.